The van der Waals surface area contributed by atoms with Crippen LogP contribution in [-0.4, -0.2) is 22.9 Å². The molecule has 0 radical (unpaired) electrons. The van der Waals surface area contributed by atoms with Crippen molar-refractivity contribution in [2.24, 2.45) is 0 Å². The molecule has 0 aliphatic rings. The Balaban J connectivity index is 0. The maximum Gasteiger partial charge on any atom is 0.243 e. The van der Waals surface area contributed by atoms with Crippen molar-refractivity contribution in [3.8, 4) is 0 Å². The summed E-state index contributed by atoms with van der Waals surface area (Å²) in [5.74, 6) is -0.376. The molecule has 17 heavy (non-hydrogen) atoms. The summed E-state index contributed by atoms with van der Waals surface area (Å²) in [6, 6.07) is 0. The molecule has 0 atom stereocenters. The van der Waals surface area contributed by atoms with Gasteiger partial charge in [0.15, 0.2) is 0 Å². The molecule has 0 rings (SSSR count). The van der Waals surface area contributed by atoms with Gasteiger partial charge in [-0.15, -0.1) is 0 Å². The quantitative estimate of drug-likeness (QED) is 0.741. The van der Waals surface area contributed by atoms with Crippen LogP contribution in [0.15, 0.2) is 12.7 Å². The largest absolute Gasteiger partial charge is 0.349 e. The number of carbonyl (C=O) groups excluding carboxylic acids is 2. The Kier molecular flexibility index (Phi) is 7.53. The standard InChI is InChI=1S/C11H20N2O2.C2H6/c1-7-9(15)13-11(5,6)10(3,4)12-8(2)14;1-2/h7H,1H2,2-6H3,(H,12,14)(H,13,15);1-2H3. The van der Waals surface area contributed by atoms with E-state index >= 15 is 0 Å². The minimum atomic E-state index is -0.552. The van der Waals surface area contributed by atoms with E-state index in [1.54, 1.807) is 0 Å². The average molecular weight is 242 g/mol. The maximum absolute atomic E-state index is 11.2. The van der Waals surface area contributed by atoms with Gasteiger partial charge in [-0.3, -0.25) is 9.59 Å². The van der Waals surface area contributed by atoms with E-state index in [4.69, 9.17) is 0 Å². The fourth-order valence-corrected chi connectivity index (χ4v) is 1.11. The first-order valence-corrected chi connectivity index (χ1v) is 5.86. The lowest BCUT2D eigenvalue weighted by atomic mass is 9.82. The van der Waals surface area contributed by atoms with Crippen molar-refractivity contribution in [2.75, 3.05) is 0 Å². The highest BCUT2D eigenvalue weighted by atomic mass is 16.2. The Hall–Kier alpha value is -1.32. The summed E-state index contributed by atoms with van der Waals surface area (Å²) in [6.07, 6.45) is 1.21. The molecule has 4 nitrogen and oxygen atoms in total. The van der Waals surface area contributed by atoms with E-state index in [0.29, 0.717) is 0 Å². The first-order chi connectivity index (χ1) is 7.62. The zero-order chi connectivity index (χ0) is 14.3. The third-order valence-electron chi connectivity index (χ3n) is 2.67. The second-order valence-corrected chi connectivity index (χ2v) is 4.62. The van der Waals surface area contributed by atoms with Crippen LogP contribution in [0.1, 0.15) is 48.5 Å². The first kappa shape index (κ1) is 18.1. The maximum atomic E-state index is 11.2. The summed E-state index contributed by atoms with van der Waals surface area (Å²) in [5, 5.41) is 5.58. The third-order valence-corrected chi connectivity index (χ3v) is 2.67. The van der Waals surface area contributed by atoms with Gasteiger partial charge in [0, 0.05) is 6.92 Å². The van der Waals surface area contributed by atoms with Crippen LogP contribution >= 0.6 is 0 Å². The van der Waals surface area contributed by atoms with E-state index in [1.807, 2.05) is 41.5 Å². The van der Waals surface area contributed by atoms with Crippen molar-refractivity contribution >= 4 is 11.8 Å². The Labute approximate surface area is 105 Å². The van der Waals surface area contributed by atoms with Crippen molar-refractivity contribution in [1.82, 2.24) is 10.6 Å². The minimum Gasteiger partial charge on any atom is -0.349 e. The van der Waals surface area contributed by atoms with E-state index in [0.717, 1.165) is 0 Å². The third kappa shape index (κ3) is 6.09. The van der Waals surface area contributed by atoms with Crippen molar-refractivity contribution in [3.63, 3.8) is 0 Å². The van der Waals surface area contributed by atoms with E-state index < -0.39 is 11.1 Å². The van der Waals surface area contributed by atoms with Crippen LogP contribution in [0, 0.1) is 0 Å². The molecule has 0 saturated heterocycles. The van der Waals surface area contributed by atoms with Gasteiger partial charge in [0.2, 0.25) is 11.8 Å². The number of amides is 2. The van der Waals surface area contributed by atoms with Crippen LogP contribution in [0.4, 0.5) is 0 Å². The highest BCUT2D eigenvalue weighted by molar-refractivity contribution is 5.87. The van der Waals surface area contributed by atoms with Crippen LogP contribution in [0.25, 0.3) is 0 Å². The van der Waals surface area contributed by atoms with Crippen LogP contribution in [-0.2, 0) is 9.59 Å². The number of hydrogen-bond donors (Lipinski definition) is 2. The molecule has 4 heteroatoms. The smallest absolute Gasteiger partial charge is 0.243 e. The lowest BCUT2D eigenvalue weighted by molar-refractivity contribution is -0.124. The fraction of sp³-hybridized carbons (Fsp3) is 0.692. The van der Waals surface area contributed by atoms with Crippen LogP contribution in [0.2, 0.25) is 0 Å². The van der Waals surface area contributed by atoms with Crippen LogP contribution in [0.5, 0.6) is 0 Å². The Bertz CT molecular complexity index is 281. The molecule has 0 fully saturated rings. The molecule has 2 N–H and O–H groups in total. The van der Waals surface area contributed by atoms with Gasteiger partial charge in [-0.25, -0.2) is 0 Å². The normalized spacial score (nSPS) is 10.8. The van der Waals surface area contributed by atoms with Crippen molar-refractivity contribution in [2.45, 2.75) is 59.5 Å². The van der Waals surface area contributed by atoms with Crippen LogP contribution in [0.3, 0.4) is 0 Å². The number of rotatable bonds is 4. The molecule has 0 bridgehead atoms. The van der Waals surface area contributed by atoms with Gasteiger partial charge in [-0.2, -0.15) is 0 Å². The van der Waals surface area contributed by atoms with Crippen molar-refractivity contribution in [3.05, 3.63) is 12.7 Å². The molecule has 0 aliphatic heterocycles. The van der Waals surface area contributed by atoms with E-state index in [2.05, 4.69) is 17.2 Å². The molecular formula is C13H26N2O2. The molecule has 0 spiro atoms. The highest BCUT2D eigenvalue weighted by Gasteiger charge is 2.38. The summed E-state index contributed by atoms with van der Waals surface area (Å²) in [5.41, 5.74) is -1.08. The van der Waals surface area contributed by atoms with E-state index in [1.165, 1.54) is 13.0 Å². The SMILES string of the molecule is C=CC(=O)NC(C)(C)C(C)(C)NC(C)=O.CC. The minimum absolute atomic E-state index is 0.124. The number of hydrogen-bond acceptors (Lipinski definition) is 2. The van der Waals surface area contributed by atoms with Gasteiger partial charge in [-0.1, -0.05) is 20.4 Å². The lowest BCUT2D eigenvalue weighted by Gasteiger charge is -2.42. The van der Waals surface area contributed by atoms with Crippen LogP contribution < -0.4 is 10.6 Å². The summed E-state index contributed by atoms with van der Waals surface area (Å²) < 4.78 is 0. The first-order valence-electron chi connectivity index (χ1n) is 5.86. The molecule has 0 saturated carbocycles. The molecule has 2 amide bonds. The second-order valence-electron chi connectivity index (χ2n) is 4.62. The summed E-state index contributed by atoms with van der Waals surface area (Å²) in [7, 11) is 0. The lowest BCUT2D eigenvalue weighted by Crippen LogP contribution is -2.64. The van der Waals surface area contributed by atoms with Crippen molar-refractivity contribution < 1.29 is 9.59 Å². The molecular weight excluding hydrogens is 216 g/mol. The average Bonchev–Trinajstić information content (AvgIpc) is 2.17. The molecule has 0 aromatic heterocycles. The predicted octanol–water partition coefficient (Wildman–Crippen LogP) is 2.01. The highest BCUT2D eigenvalue weighted by Crippen LogP contribution is 2.20. The van der Waals surface area contributed by atoms with Gasteiger partial charge in [-0.05, 0) is 33.8 Å². The Morgan fingerprint density at radius 3 is 1.65 bits per heavy atom. The van der Waals surface area contributed by atoms with Gasteiger partial charge >= 0.3 is 0 Å². The summed E-state index contributed by atoms with van der Waals surface area (Å²) in [4.78, 5) is 22.2. The zero-order valence-corrected chi connectivity index (χ0v) is 12.1. The summed E-state index contributed by atoms with van der Waals surface area (Å²) in [6.45, 7) is 16.3. The second kappa shape index (κ2) is 7.09. The number of carbonyl (C=O) groups is 2. The van der Waals surface area contributed by atoms with Crippen molar-refractivity contribution in [1.29, 1.82) is 0 Å². The monoisotopic (exact) mass is 242 g/mol. The molecule has 0 aliphatic carbocycles. The number of nitrogens with one attached hydrogen (secondary N) is 2. The van der Waals surface area contributed by atoms with E-state index in [9.17, 15) is 9.59 Å². The van der Waals surface area contributed by atoms with Gasteiger partial charge in [0.05, 0.1) is 11.1 Å². The van der Waals surface area contributed by atoms with E-state index in [-0.39, 0.29) is 11.8 Å². The molecule has 0 unspecified atom stereocenters. The Morgan fingerprint density at radius 2 is 1.35 bits per heavy atom. The molecule has 0 aromatic rings. The topological polar surface area (TPSA) is 58.2 Å². The molecule has 0 heterocycles. The van der Waals surface area contributed by atoms with Gasteiger partial charge in [0.1, 0.15) is 0 Å². The molecule has 0 aromatic carbocycles. The fourth-order valence-electron chi connectivity index (χ4n) is 1.11. The van der Waals surface area contributed by atoms with Gasteiger partial charge < -0.3 is 10.6 Å². The Morgan fingerprint density at radius 1 is 1.00 bits per heavy atom. The predicted molar refractivity (Wildman–Crippen MR) is 71.7 cm³/mol. The van der Waals surface area contributed by atoms with Gasteiger partial charge in [0.25, 0.3) is 0 Å². The molecule has 100 valence electrons. The zero-order valence-electron chi connectivity index (χ0n) is 12.1. The summed E-state index contributed by atoms with van der Waals surface area (Å²) >= 11 is 0.